The van der Waals surface area contributed by atoms with E-state index in [0.29, 0.717) is 0 Å². The number of hydrogen-bond acceptors (Lipinski definition) is 1. The molecule has 0 aromatic heterocycles. The molecule has 0 amide bonds. The molecule has 0 radical (unpaired) electrons. The zero-order valence-corrected chi connectivity index (χ0v) is 11.4. The van der Waals surface area contributed by atoms with Crippen molar-refractivity contribution in [3.05, 3.63) is 0 Å². The van der Waals surface area contributed by atoms with E-state index in [0.717, 1.165) is 11.0 Å². The Hall–Kier alpha value is 0.690. The Morgan fingerprint density at radius 1 is 1.08 bits per heavy atom. The molecule has 0 bridgehead atoms. The fourth-order valence-corrected chi connectivity index (χ4v) is 1.31. The zero-order valence-electron chi connectivity index (χ0n) is 9.24. The molecule has 0 rings (SSSR count). The summed E-state index contributed by atoms with van der Waals surface area (Å²) < 4.78 is 6.82. The topological polar surface area (TPSA) is 9.23 Å². The van der Waals surface area contributed by atoms with E-state index in [1.165, 1.54) is 32.1 Å². The first-order valence-electron chi connectivity index (χ1n) is 5.32. The number of alkyl halides is 1. The van der Waals surface area contributed by atoms with Crippen molar-refractivity contribution in [1.82, 2.24) is 0 Å². The van der Waals surface area contributed by atoms with Crippen molar-refractivity contribution in [2.24, 2.45) is 0 Å². The van der Waals surface area contributed by atoms with Crippen molar-refractivity contribution in [1.29, 1.82) is 0 Å². The van der Waals surface area contributed by atoms with Crippen LogP contribution in [0.25, 0.3) is 0 Å². The van der Waals surface area contributed by atoms with Gasteiger partial charge in [-0.2, -0.15) is 0 Å². The summed E-state index contributed by atoms with van der Waals surface area (Å²) in [6.07, 6.45) is 6.60. The third-order valence-corrected chi connectivity index (χ3v) is 3.90. The lowest BCUT2D eigenvalue weighted by Gasteiger charge is -2.22. The number of rotatable bonds is 8. The lowest BCUT2D eigenvalue weighted by atomic mass is 10.1. The molecule has 1 nitrogen and oxygen atoms in total. The molecule has 0 heterocycles. The van der Waals surface area contributed by atoms with Gasteiger partial charge in [-0.1, -0.05) is 55.2 Å². The predicted molar refractivity (Wildman–Crippen MR) is 67.7 cm³/mol. The van der Waals surface area contributed by atoms with Gasteiger partial charge in [0.2, 0.25) is 0 Å². The van der Waals surface area contributed by atoms with Crippen LogP contribution < -0.4 is 0 Å². The lowest BCUT2D eigenvalue weighted by Crippen LogP contribution is -2.26. The minimum Gasteiger partial charge on any atom is -0.375 e. The fourth-order valence-electron chi connectivity index (χ4n) is 1.09. The SMILES string of the molecule is CCCCCCCOC(C)(C)CI. The molecule has 0 spiro atoms. The summed E-state index contributed by atoms with van der Waals surface area (Å²) in [5.41, 5.74) is 0.0747. The Labute approximate surface area is 96.8 Å². The smallest absolute Gasteiger partial charge is 0.0715 e. The molecule has 2 heteroatoms. The summed E-state index contributed by atoms with van der Waals surface area (Å²) in [4.78, 5) is 0. The summed E-state index contributed by atoms with van der Waals surface area (Å²) in [7, 11) is 0. The van der Waals surface area contributed by atoms with Gasteiger partial charge in [0, 0.05) is 11.0 Å². The van der Waals surface area contributed by atoms with Gasteiger partial charge in [-0.05, 0) is 20.3 Å². The quantitative estimate of drug-likeness (QED) is 0.371. The third kappa shape index (κ3) is 9.01. The molecule has 0 aliphatic carbocycles. The highest BCUT2D eigenvalue weighted by Crippen LogP contribution is 2.13. The van der Waals surface area contributed by atoms with E-state index in [1.807, 2.05) is 0 Å². The minimum absolute atomic E-state index is 0.0747. The van der Waals surface area contributed by atoms with Crippen LogP contribution in [0.3, 0.4) is 0 Å². The first-order valence-corrected chi connectivity index (χ1v) is 6.85. The van der Waals surface area contributed by atoms with Crippen molar-refractivity contribution in [3.8, 4) is 0 Å². The maximum atomic E-state index is 5.75. The first-order chi connectivity index (χ1) is 6.12. The van der Waals surface area contributed by atoms with Crippen LogP contribution in [-0.4, -0.2) is 16.6 Å². The molecule has 0 fully saturated rings. The van der Waals surface area contributed by atoms with Gasteiger partial charge in [-0.3, -0.25) is 0 Å². The van der Waals surface area contributed by atoms with Gasteiger partial charge in [0.1, 0.15) is 0 Å². The highest BCUT2D eigenvalue weighted by atomic mass is 127. The largest absolute Gasteiger partial charge is 0.375 e. The average molecular weight is 298 g/mol. The maximum absolute atomic E-state index is 5.75. The fraction of sp³-hybridized carbons (Fsp3) is 1.00. The van der Waals surface area contributed by atoms with E-state index < -0.39 is 0 Å². The van der Waals surface area contributed by atoms with Crippen LogP contribution in [0, 0.1) is 0 Å². The van der Waals surface area contributed by atoms with Gasteiger partial charge in [0.25, 0.3) is 0 Å². The van der Waals surface area contributed by atoms with Crippen LogP contribution in [0.2, 0.25) is 0 Å². The molecule has 0 unspecified atom stereocenters. The molecule has 80 valence electrons. The molecule has 0 saturated carbocycles. The molecule has 0 N–H and O–H groups in total. The third-order valence-electron chi connectivity index (χ3n) is 2.06. The molecular formula is C11H23IO. The Balaban J connectivity index is 3.16. The van der Waals surface area contributed by atoms with Gasteiger partial charge in [-0.25, -0.2) is 0 Å². The summed E-state index contributed by atoms with van der Waals surface area (Å²) in [6.45, 7) is 7.49. The predicted octanol–water partition coefficient (Wildman–Crippen LogP) is 4.19. The normalized spacial score (nSPS) is 12.0. The van der Waals surface area contributed by atoms with Crippen molar-refractivity contribution >= 4 is 22.6 Å². The van der Waals surface area contributed by atoms with Gasteiger partial charge >= 0.3 is 0 Å². The second-order valence-corrected chi connectivity index (χ2v) is 4.92. The van der Waals surface area contributed by atoms with Crippen molar-refractivity contribution in [3.63, 3.8) is 0 Å². The van der Waals surface area contributed by atoms with E-state index in [9.17, 15) is 0 Å². The first kappa shape index (κ1) is 13.7. The number of ether oxygens (including phenoxy) is 1. The van der Waals surface area contributed by atoms with E-state index >= 15 is 0 Å². The van der Waals surface area contributed by atoms with Gasteiger partial charge < -0.3 is 4.74 Å². The van der Waals surface area contributed by atoms with Gasteiger partial charge in [-0.15, -0.1) is 0 Å². The highest BCUT2D eigenvalue weighted by molar-refractivity contribution is 14.1. The number of halogens is 1. The average Bonchev–Trinajstić information content (AvgIpc) is 2.11. The van der Waals surface area contributed by atoms with E-state index in [2.05, 4.69) is 43.4 Å². The van der Waals surface area contributed by atoms with Crippen LogP contribution >= 0.6 is 22.6 Å². The highest BCUT2D eigenvalue weighted by Gasteiger charge is 2.15. The second-order valence-electron chi connectivity index (χ2n) is 4.16. The number of hydrogen-bond donors (Lipinski definition) is 0. The molecule has 0 aliphatic rings. The van der Waals surface area contributed by atoms with Gasteiger partial charge in [0.05, 0.1) is 5.60 Å². The lowest BCUT2D eigenvalue weighted by molar-refractivity contribution is 0.00114. The zero-order chi connectivity index (χ0) is 10.2. The van der Waals surface area contributed by atoms with Crippen LogP contribution in [-0.2, 0) is 4.74 Å². The summed E-state index contributed by atoms with van der Waals surface area (Å²) >= 11 is 2.38. The second kappa shape index (κ2) is 8.04. The standard InChI is InChI=1S/C11H23IO/c1-4-5-6-7-8-9-13-11(2,3)10-12/h4-10H2,1-3H3. The summed E-state index contributed by atoms with van der Waals surface area (Å²) in [5, 5.41) is 0. The number of unbranched alkanes of at least 4 members (excludes halogenated alkanes) is 4. The van der Waals surface area contributed by atoms with E-state index in [4.69, 9.17) is 4.74 Å². The van der Waals surface area contributed by atoms with Gasteiger partial charge in [0.15, 0.2) is 0 Å². The molecule has 13 heavy (non-hydrogen) atoms. The van der Waals surface area contributed by atoms with Crippen LogP contribution in [0.15, 0.2) is 0 Å². The van der Waals surface area contributed by atoms with Crippen LogP contribution in [0.5, 0.6) is 0 Å². The molecule has 0 aromatic rings. The molecule has 0 aliphatic heterocycles. The minimum atomic E-state index is 0.0747. The Morgan fingerprint density at radius 2 is 1.69 bits per heavy atom. The molecule has 0 atom stereocenters. The van der Waals surface area contributed by atoms with Crippen molar-refractivity contribution in [2.75, 3.05) is 11.0 Å². The Kier molecular flexibility index (Phi) is 8.46. The monoisotopic (exact) mass is 298 g/mol. The molecule has 0 saturated heterocycles. The maximum Gasteiger partial charge on any atom is 0.0715 e. The van der Waals surface area contributed by atoms with Crippen molar-refractivity contribution < 1.29 is 4.74 Å². The van der Waals surface area contributed by atoms with Crippen LogP contribution in [0.1, 0.15) is 52.9 Å². The summed E-state index contributed by atoms with van der Waals surface area (Å²) in [5.74, 6) is 0. The Bertz CT molecular complexity index is 113. The van der Waals surface area contributed by atoms with E-state index in [1.54, 1.807) is 0 Å². The summed E-state index contributed by atoms with van der Waals surface area (Å²) in [6, 6.07) is 0. The van der Waals surface area contributed by atoms with Crippen LogP contribution in [0.4, 0.5) is 0 Å². The van der Waals surface area contributed by atoms with E-state index in [-0.39, 0.29) is 5.60 Å². The Morgan fingerprint density at radius 3 is 2.23 bits per heavy atom. The molecule has 0 aromatic carbocycles. The molecular weight excluding hydrogens is 275 g/mol. The van der Waals surface area contributed by atoms with Crippen molar-refractivity contribution in [2.45, 2.75) is 58.5 Å².